The van der Waals surface area contributed by atoms with Crippen LogP contribution in [0.5, 0.6) is 0 Å². The fraction of sp³-hybridized carbons (Fsp3) is 0.222. The zero-order valence-electron chi connectivity index (χ0n) is 19.4. The Kier molecular flexibility index (Phi) is 7.54. The van der Waals surface area contributed by atoms with Gasteiger partial charge in [0.15, 0.2) is 0 Å². The maximum atomic E-state index is 11.6. The molecule has 6 nitrogen and oxygen atoms in total. The summed E-state index contributed by atoms with van der Waals surface area (Å²) in [6, 6.07) is 20.3. The molecule has 182 valence electrons. The molecular weight excluding hydrogens is 484 g/mol. The molecule has 1 atom stereocenters. The van der Waals surface area contributed by atoms with E-state index in [1.165, 1.54) is 0 Å². The molecule has 1 unspecified atom stereocenters. The number of aliphatic hydroxyl groups is 2. The molecular formula is C27H26ClN2O4S-. The maximum absolute atomic E-state index is 11.6. The average molecular weight is 510 g/mol. The number of benzene rings is 3. The minimum atomic E-state index is -2.44. The summed E-state index contributed by atoms with van der Waals surface area (Å²) in [5.74, 6) is 0.797. The standard InChI is InChI=1S/C27H27ClN2O4S/c1-27(2,32)25-16-30(26(29-25)14-11-19-5-3-4-6-23(19)28)22-12-9-18(10-13-22)20-7-8-21(17-31)24(15-20)35(33)34/h3-10,12-13,15-16,31-32H,11,14,17H2,1-2H3,(H,33,34)/p-1. The van der Waals surface area contributed by atoms with E-state index in [9.17, 15) is 19.0 Å². The van der Waals surface area contributed by atoms with Crippen molar-refractivity contribution in [2.24, 2.45) is 0 Å². The number of hydrogen-bond acceptors (Lipinski definition) is 5. The summed E-state index contributed by atoms with van der Waals surface area (Å²) in [6.45, 7) is 3.06. The van der Waals surface area contributed by atoms with Crippen LogP contribution >= 0.6 is 11.6 Å². The Morgan fingerprint density at radius 3 is 2.31 bits per heavy atom. The molecule has 0 spiro atoms. The highest BCUT2D eigenvalue weighted by atomic mass is 35.5. The third-order valence-corrected chi connectivity index (χ3v) is 6.99. The summed E-state index contributed by atoms with van der Waals surface area (Å²) >= 11 is 3.89. The molecule has 4 aromatic rings. The van der Waals surface area contributed by atoms with Crippen molar-refractivity contribution in [3.05, 3.63) is 101 Å². The number of aromatic nitrogens is 2. The van der Waals surface area contributed by atoms with Crippen LogP contribution in [0.1, 0.15) is 36.5 Å². The van der Waals surface area contributed by atoms with E-state index in [0.29, 0.717) is 29.1 Å². The van der Waals surface area contributed by atoms with E-state index in [1.807, 2.05) is 59.3 Å². The first-order valence-electron chi connectivity index (χ1n) is 11.2. The lowest BCUT2D eigenvalue weighted by atomic mass is 10.0. The van der Waals surface area contributed by atoms with Crippen LogP contribution in [0.15, 0.2) is 77.8 Å². The second kappa shape index (κ2) is 10.4. The monoisotopic (exact) mass is 509 g/mol. The summed E-state index contributed by atoms with van der Waals surface area (Å²) in [5, 5.41) is 20.7. The van der Waals surface area contributed by atoms with Crippen molar-refractivity contribution >= 4 is 22.7 Å². The molecule has 8 heteroatoms. The van der Waals surface area contributed by atoms with Gasteiger partial charge in [0.2, 0.25) is 0 Å². The highest BCUT2D eigenvalue weighted by molar-refractivity contribution is 7.79. The fourth-order valence-electron chi connectivity index (χ4n) is 3.90. The van der Waals surface area contributed by atoms with Gasteiger partial charge in [-0.2, -0.15) is 0 Å². The molecule has 1 heterocycles. The maximum Gasteiger partial charge on any atom is 0.113 e. The van der Waals surface area contributed by atoms with Crippen LogP contribution in [0.25, 0.3) is 16.8 Å². The molecule has 0 amide bonds. The number of aryl methyl sites for hydroxylation is 2. The Morgan fingerprint density at radius 2 is 1.69 bits per heavy atom. The molecule has 1 aromatic heterocycles. The molecule has 0 radical (unpaired) electrons. The van der Waals surface area contributed by atoms with Crippen LogP contribution in [-0.2, 0) is 36.1 Å². The Morgan fingerprint density at radius 1 is 1.00 bits per heavy atom. The largest absolute Gasteiger partial charge is 0.768 e. The van der Waals surface area contributed by atoms with E-state index in [0.717, 1.165) is 28.2 Å². The van der Waals surface area contributed by atoms with Crippen molar-refractivity contribution in [1.82, 2.24) is 9.55 Å². The second-order valence-electron chi connectivity index (χ2n) is 8.82. The molecule has 0 bridgehead atoms. The third kappa shape index (κ3) is 5.72. The van der Waals surface area contributed by atoms with Crippen LogP contribution in [0.3, 0.4) is 0 Å². The van der Waals surface area contributed by atoms with Crippen LogP contribution in [0.2, 0.25) is 5.02 Å². The lowest BCUT2D eigenvalue weighted by molar-refractivity contribution is 0.0741. The van der Waals surface area contributed by atoms with Gasteiger partial charge in [0.25, 0.3) is 0 Å². The van der Waals surface area contributed by atoms with Gasteiger partial charge in [0.1, 0.15) is 11.4 Å². The van der Waals surface area contributed by atoms with Crippen LogP contribution in [0.4, 0.5) is 0 Å². The molecule has 3 aromatic carbocycles. The van der Waals surface area contributed by atoms with Gasteiger partial charge in [-0.05, 0) is 77.9 Å². The van der Waals surface area contributed by atoms with Crippen LogP contribution in [-0.4, -0.2) is 28.5 Å². The number of aliphatic hydroxyl groups excluding tert-OH is 1. The Labute approximate surface area is 212 Å². The molecule has 35 heavy (non-hydrogen) atoms. The van der Waals surface area contributed by atoms with E-state index < -0.39 is 16.7 Å². The van der Waals surface area contributed by atoms with Crippen molar-refractivity contribution in [3.8, 4) is 16.8 Å². The van der Waals surface area contributed by atoms with Gasteiger partial charge in [-0.25, -0.2) is 4.98 Å². The predicted octanol–water partition coefficient (Wildman–Crippen LogP) is 4.94. The van der Waals surface area contributed by atoms with Crippen molar-refractivity contribution in [2.75, 3.05) is 0 Å². The third-order valence-electron chi connectivity index (χ3n) is 5.88. The number of rotatable bonds is 8. The SMILES string of the molecule is CC(C)(O)c1cn(-c2ccc(-c3ccc(CO)c(S(=O)[O-])c3)cc2)c(CCc2ccccc2Cl)n1. The zero-order valence-corrected chi connectivity index (χ0v) is 21.0. The van der Waals surface area contributed by atoms with Gasteiger partial charge in [-0.15, -0.1) is 0 Å². The molecule has 0 aliphatic heterocycles. The quantitative estimate of drug-likeness (QED) is 0.328. The minimum absolute atomic E-state index is 0.0837. The van der Waals surface area contributed by atoms with Crippen molar-refractivity contribution in [2.45, 2.75) is 43.8 Å². The number of hydrogen-bond donors (Lipinski definition) is 2. The summed E-state index contributed by atoms with van der Waals surface area (Å²) in [4.78, 5) is 4.79. The normalized spacial score (nSPS) is 12.6. The van der Waals surface area contributed by atoms with Gasteiger partial charge >= 0.3 is 0 Å². The van der Waals surface area contributed by atoms with Crippen molar-refractivity contribution in [3.63, 3.8) is 0 Å². The molecule has 0 aliphatic carbocycles. The predicted molar refractivity (Wildman–Crippen MR) is 136 cm³/mol. The van der Waals surface area contributed by atoms with Gasteiger partial charge in [-0.1, -0.05) is 54.1 Å². The molecule has 2 N–H and O–H groups in total. The molecule has 0 aliphatic rings. The second-order valence-corrected chi connectivity index (χ2v) is 10.1. The number of imidazole rings is 1. The lowest BCUT2D eigenvalue weighted by Crippen LogP contribution is -2.16. The zero-order chi connectivity index (χ0) is 25.2. The van der Waals surface area contributed by atoms with E-state index in [4.69, 9.17) is 16.6 Å². The molecule has 0 saturated heterocycles. The molecule has 4 rings (SSSR count). The average Bonchev–Trinajstić information content (AvgIpc) is 3.28. The topological polar surface area (TPSA) is 98.4 Å². The van der Waals surface area contributed by atoms with Crippen LogP contribution < -0.4 is 0 Å². The van der Waals surface area contributed by atoms with Gasteiger partial charge < -0.3 is 19.3 Å². The lowest BCUT2D eigenvalue weighted by Gasteiger charge is -2.13. The number of nitrogens with zero attached hydrogens (tertiary/aromatic N) is 2. The first-order valence-corrected chi connectivity index (χ1v) is 12.6. The fourth-order valence-corrected chi connectivity index (χ4v) is 4.70. The molecule has 0 saturated carbocycles. The first-order chi connectivity index (χ1) is 16.7. The van der Waals surface area contributed by atoms with Gasteiger partial charge in [-0.3, -0.25) is 4.21 Å². The van der Waals surface area contributed by atoms with E-state index in [2.05, 4.69) is 0 Å². The summed E-state index contributed by atoms with van der Waals surface area (Å²) in [6.07, 6.45) is 3.17. The first kappa shape index (κ1) is 25.3. The van der Waals surface area contributed by atoms with E-state index >= 15 is 0 Å². The highest BCUT2D eigenvalue weighted by Crippen LogP contribution is 2.28. The Balaban J connectivity index is 1.66. The van der Waals surface area contributed by atoms with E-state index in [-0.39, 0.29) is 11.5 Å². The van der Waals surface area contributed by atoms with Crippen molar-refractivity contribution < 1.29 is 19.0 Å². The minimum Gasteiger partial charge on any atom is -0.768 e. The summed E-state index contributed by atoms with van der Waals surface area (Å²) < 4.78 is 25.1. The van der Waals surface area contributed by atoms with Crippen molar-refractivity contribution in [1.29, 1.82) is 0 Å². The Bertz CT molecular complexity index is 1360. The van der Waals surface area contributed by atoms with Crippen LogP contribution in [0, 0.1) is 0 Å². The van der Waals surface area contributed by atoms with Gasteiger partial charge in [0.05, 0.1) is 12.3 Å². The van der Waals surface area contributed by atoms with E-state index in [1.54, 1.807) is 32.0 Å². The smallest absolute Gasteiger partial charge is 0.113 e. The number of halogens is 1. The van der Waals surface area contributed by atoms with Gasteiger partial charge in [0, 0.05) is 28.2 Å². The summed E-state index contributed by atoms with van der Waals surface area (Å²) in [7, 11) is 0. The summed E-state index contributed by atoms with van der Waals surface area (Å²) in [5.41, 5.74) is 3.30. The Hall–Kier alpha value is -2.81. The highest BCUT2D eigenvalue weighted by Gasteiger charge is 2.22. The molecule has 0 fully saturated rings.